The van der Waals surface area contributed by atoms with Gasteiger partial charge in [0, 0.05) is 11.7 Å². The average molecular weight is 250 g/mol. The molecule has 0 radical (unpaired) electrons. The molecule has 0 aromatic heterocycles. The molecular weight excluding hydrogens is 228 g/mol. The van der Waals surface area contributed by atoms with Gasteiger partial charge >= 0.3 is 0 Å². The lowest BCUT2D eigenvalue weighted by atomic mass is 10.3. The van der Waals surface area contributed by atoms with Crippen LogP contribution in [0.25, 0.3) is 0 Å². The van der Waals surface area contributed by atoms with Crippen LogP contribution < -0.4 is 21.3 Å². The number of benzene rings is 1. The van der Waals surface area contributed by atoms with Gasteiger partial charge in [0.1, 0.15) is 5.75 Å². The molecule has 0 spiro atoms. The van der Waals surface area contributed by atoms with Gasteiger partial charge in [-0.3, -0.25) is 5.43 Å². The molecular formula is C13H22N4O. The van der Waals surface area contributed by atoms with E-state index in [0.717, 1.165) is 11.4 Å². The molecule has 0 amide bonds. The van der Waals surface area contributed by atoms with E-state index in [-0.39, 0.29) is 12.1 Å². The van der Waals surface area contributed by atoms with Crippen LogP contribution in [-0.2, 0) is 0 Å². The lowest BCUT2D eigenvalue weighted by Gasteiger charge is -2.12. The van der Waals surface area contributed by atoms with Crippen LogP contribution >= 0.6 is 0 Å². The first-order valence-electron chi connectivity index (χ1n) is 6.09. The normalized spacial score (nSPS) is 11.8. The van der Waals surface area contributed by atoms with Crippen molar-refractivity contribution in [2.75, 3.05) is 5.32 Å². The molecule has 0 heterocycles. The number of nitrogens with zero attached hydrogens (tertiary/aromatic N) is 1. The van der Waals surface area contributed by atoms with Crippen LogP contribution in [0, 0.1) is 0 Å². The maximum atomic E-state index is 5.57. The molecule has 1 rings (SSSR count). The maximum Gasteiger partial charge on any atom is 0.210 e. The van der Waals surface area contributed by atoms with Crippen molar-refractivity contribution in [1.82, 2.24) is 5.43 Å². The van der Waals surface area contributed by atoms with Crippen molar-refractivity contribution < 1.29 is 4.74 Å². The molecule has 0 atom stereocenters. The fraction of sp³-hybridized carbons (Fsp3) is 0.462. The van der Waals surface area contributed by atoms with Gasteiger partial charge in [-0.2, -0.15) is 0 Å². The molecule has 0 bridgehead atoms. The van der Waals surface area contributed by atoms with Crippen molar-refractivity contribution in [2.24, 2.45) is 10.8 Å². The molecule has 1 aromatic rings. The number of nitrogens with one attached hydrogen (secondary N) is 2. The predicted octanol–water partition coefficient (Wildman–Crippen LogP) is 2.11. The van der Waals surface area contributed by atoms with E-state index >= 15 is 0 Å². The van der Waals surface area contributed by atoms with E-state index in [1.54, 1.807) is 0 Å². The van der Waals surface area contributed by atoms with Crippen LogP contribution in [0.3, 0.4) is 0 Å². The third-order valence-electron chi connectivity index (χ3n) is 2.01. The number of hydrogen-bond acceptors (Lipinski definition) is 3. The lowest BCUT2D eigenvalue weighted by molar-refractivity contribution is 0.242. The zero-order valence-electron chi connectivity index (χ0n) is 11.4. The van der Waals surface area contributed by atoms with Gasteiger partial charge in [-0.1, -0.05) is 0 Å². The number of nitrogens with two attached hydrogens (primary N) is 1. The topological polar surface area (TPSA) is 71.7 Å². The number of ether oxygens (including phenoxy) is 1. The van der Waals surface area contributed by atoms with E-state index in [1.807, 2.05) is 52.0 Å². The van der Waals surface area contributed by atoms with E-state index in [0.29, 0.717) is 5.96 Å². The van der Waals surface area contributed by atoms with Crippen LogP contribution in [0.4, 0.5) is 5.69 Å². The summed E-state index contributed by atoms with van der Waals surface area (Å²) in [5.74, 6) is 6.79. The summed E-state index contributed by atoms with van der Waals surface area (Å²) in [6.45, 7) is 7.97. The summed E-state index contributed by atoms with van der Waals surface area (Å²) in [5, 5.41) is 3.10. The van der Waals surface area contributed by atoms with Crippen molar-refractivity contribution in [1.29, 1.82) is 0 Å². The van der Waals surface area contributed by atoms with Crippen LogP contribution in [0.2, 0.25) is 0 Å². The molecule has 0 aliphatic heterocycles. The summed E-state index contributed by atoms with van der Waals surface area (Å²) in [5.41, 5.74) is 3.44. The Bertz CT molecular complexity index is 384. The molecule has 5 heteroatoms. The highest BCUT2D eigenvalue weighted by Gasteiger charge is 2.01. The smallest absolute Gasteiger partial charge is 0.210 e. The van der Waals surface area contributed by atoms with Crippen LogP contribution in [0.15, 0.2) is 29.3 Å². The third-order valence-corrected chi connectivity index (χ3v) is 2.01. The van der Waals surface area contributed by atoms with Gasteiger partial charge in [-0.05, 0) is 52.0 Å². The van der Waals surface area contributed by atoms with Crippen molar-refractivity contribution >= 4 is 11.6 Å². The first-order valence-corrected chi connectivity index (χ1v) is 6.09. The first-order chi connectivity index (χ1) is 8.51. The lowest BCUT2D eigenvalue weighted by Crippen LogP contribution is -2.36. The van der Waals surface area contributed by atoms with E-state index in [9.17, 15) is 0 Å². The Morgan fingerprint density at radius 3 is 2.22 bits per heavy atom. The minimum absolute atomic E-state index is 0.173. The zero-order valence-corrected chi connectivity index (χ0v) is 11.4. The molecule has 0 saturated carbocycles. The molecule has 4 N–H and O–H groups in total. The average Bonchev–Trinajstić information content (AvgIpc) is 2.29. The van der Waals surface area contributed by atoms with E-state index in [2.05, 4.69) is 15.7 Å². The molecule has 5 nitrogen and oxygen atoms in total. The highest BCUT2D eigenvalue weighted by Crippen LogP contribution is 2.16. The van der Waals surface area contributed by atoms with E-state index in [4.69, 9.17) is 10.6 Å². The van der Waals surface area contributed by atoms with Crippen LogP contribution in [0.5, 0.6) is 5.75 Å². The minimum Gasteiger partial charge on any atom is -0.491 e. The van der Waals surface area contributed by atoms with Crippen molar-refractivity contribution in [2.45, 2.75) is 39.8 Å². The zero-order chi connectivity index (χ0) is 13.5. The Morgan fingerprint density at radius 2 is 1.78 bits per heavy atom. The Morgan fingerprint density at radius 1 is 1.17 bits per heavy atom. The SMILES string of the molecule is CC(C)N=C(NN)Nc1ccc(OC(C)C)cc1. The number of hydrogen-bond donors (Lipinski definition) is 3. The number of anilines is 1. The third kappa shape index (κ3) is 5.05. The molecule has 0 aliphatic rings. The predicted molar refractivity (Wildman–Crippen MR) is 75.7 cm³/mol. The number of guanidine groups is 1. The minimum atomic E-state index is 0.173. The molecule has 0 saturated heterocycles. The summed E-state index contributed by atoms with van der Waals surface area (Å²) in [4.78, 5) is 4.30. The Labute approximate surface area is 108 Å². The second kappa shape index (κ2) is 6.86. The van der Waals surface area contributed by atoms with Crippen LogP contribution in [0.1, 0.15) is 27.7 Å². The summed E-state index contributed by atoms with van der Waals surface area (Å²) in [6.07, 6.45) is 0.174. The fourth-order valence-corrected chi connectivity index (χ4v) is 1.39. The highest BCUT2D eigenvalue weighted by atomic mass is 16.5. The number of hydrazine groups is 1. The fourth-order valence-electron chi connectivity index (χ4n) is 1.39. The quantitative estimate of drug-likeness (QED) is 0.331. The molecule has 18 heavy (non-hydrogen) atoms. The number of aliphatic imine (C=N–C) groups is 1. The highest BCUT2D eigenvalue weighted by molar-refractivity contribution is 5.93. The Balaban J connectivity index is 2.68. The van der Waals surface area contributed by atoms with Crippen molar-refractivity contribution in [3.63, 3.8) is 0 Å². The van der Waals surface area contributed by atoms with Gasteiger partial charge in [0.2, 0.25) is 5.96 Å². The van der Waals surface area contributed by atoms with Gasteiger partial charge in [-0.15, -0.1) is 0 Å². The van der Waals surface area contributed by atoms with E-state index < -0.39 is 0 Å². The van der Waals surface area contributed by atoms with Crippen molar-refractivity contribution in [3.8, 4) is 5.75 Å². The Hall–Kier alpha value is -1.75. The monoisotopic (exact) mass is 250 g/mol. The molecule has 100 valence electrons. The van der Waals surface area contributed by atoms with Crippen LogP contribution in [-0.4, -0.2) is 18.1 Å². The molecule has 0 aliphatic carbocycles. The van der Waals surface area contributed by atoms with Gasteiger partial charge in [-0.25, -0.2) is 10.8 Å². The number of rotatable bonds is 4. The standard InChI is InChI=1S/C13H22N4O/c1-9(2)15-13(17-14)16-11-5-7-12(8-6-11)18-10(3)4/h5-10H,14H2,1-4H3,(H2,15,16,17). The second-order valence-electron chi connectivity index (χ2n) is 4.53. The van der Waals surface area contributed by atoms with E-state index in [1.165, 1.54) is 0 Å². The summed E-state index contributed by atoms with van der Waals surface area (Å²) in [7, 11) is 0. The first kappa shape index (κ1) is 14.3. The Kier molecular flexibility index (Phi) is 5.45. The largest absolute Gasteiger partial charge is 0.491 e. The summed E-state index contributed by atoms with van der Waals surface area (Å²) < 4.78 is 5.57. The second-order valence-corrected chi connectivity index (χ2v) is 4.53. The molecule has 1 aromatic carbocycles. The van der Waals surface area contributed by atoms with Gasteiger partial charge in [0.15, 0.2) is 0 Å². The van der Waals surface area contributed by atoms with Gasteiger partial charge < -0.3 is 10.1 Å². The summed E-state index contributed by atoms with van der Waals surface area (Å²) >= 11 is 0. The summed E-state index contributed by atoms with van der Waals surface area (Å²) in [6, 6.07) is 7.83. The molecule has 0 unspecified atom stereocenters. The maximum absolute atomic E-state index is 5.57. The molecule has 0 fully saturated rings. The van der Waals surface area contributed by atoms with Crippen molar-refractivity contribution in [3.05, 3.63) is 24.3 Å². The van der Waals surface area contributed by atoms with Gasteiger partial charge in [0.25, 0.3) is 0 Å². The van der Waals surface area contributed by atoms with Gasteiger partial charge in [0.05, 0.1) is 6.10 Å².